The Labute approximate surface area is 97.4 Å². The maximum Gasteiger partial charge on any atom is 0.123 e. The van der Waals surface area contributed by atoms with Gasteiger partial charge in [0, 0.05) is 24.2 Å². The fourth-order valence-corrected chi connectivity index (χ4v) is 1.65. The summed E-state index contributed by atoms with van der Waals surface area (Å²) in [7, 11) is 1.59. The van der Waals surface area contributed by atoms with E-state index in [4.69, 9.17) is 4.74 Å². The normalized spacial score (nSPS) is 10.8. The van der Waals surface area contributed by atoms with E-state index in [2.05, 4.69) is 19.2 Å². The average Bonchev–Trinajstić information content (AvgIpc) is 2.32. The number of aromatic hydroxyl groups is 1. The highest BCUT2D eigenvalue weighted by atomic mass is 16.5. The van der Waals surface area contributed by atoms with Crippen LogP contribution < -0.4 is 10.1 Å². The molecule has 0 aliphatic rings. The lowest BCUT2D eigenvalue weighted by Gasteiger charge is -2.15. The maximum atomic E-state index is 9.76. The zero-order valence-corrected chi connectivity index (χ0v) is 10.3. The number of rotatable bonds is 6. The SMILES string of the molecule is CCC(CC)NCc1ccc(OC)cc1O. The molecular weight excluding hydrogens is 202 g/mol. The van der Waals surface area contributed by atoms with Crippen molar-refractivity contribution in [2.45, 2.75) is 39.3 Å². The van der Waals surface area contributed by atoms with E-state index in [0.29, 0.717) is 18.3 Å². The molecule has 0 saturated heterocycles. The third-order valence-corrected chi connectivity index (χ3v) is 2.86. The molecule has 90 valence electrons. The summed E-state index contributed by atoms with van der Waals surface area (Å²) < 4.78 is 5.04. The molecule has 0 saturated carbocycles. The van der Waals surface area contributed by atoms with Gasteiger partial charge in [0.15, 0.2) is 0 Å². The zero-order chi connectivity index (χ0) is 12.0. The third kappa shape index (κ3) is 3.42. The number of benzene rings is 1. The lowest BCUT2D eigenvalue weighted by atomic mass is 10.1. The van der Waals surface area contributed by atoms with E-state index in [0.717, 1.165) is 18.4 Å². The predicted octanol–water partition coefficient (Wildman–Crippen LogP) is 2.68. The summed E-state index contributed by atoms with van der Waals surface area (Å²) in [5.41, 5.74) is 0.910. The van der Waals surface area contributed by atoms with Gasteiger partial charge in [-0.05, 0) is 18.9 Å². The van der Waals surface area contributed by atoms with Gasteiger partial charge in [0.05, 0.1) is 7.11 Å². The van der Waals surface area contributed by atoms with Crippen LogP contribution >= 0.6 is 0 Å². The summed E-state index contributed by atoms with van der Waals surface area (Å²) in [4.78, 5) is 0. The molecule has 0 fully saturated rings. The third-order valence-electron chi connectivity index (χ3n) is 2.86. The van der Waals surface area contributed by atoms with Crippen LogP contribution in [0.2, 0.25) is 0 Å². The minimum atomic E-state index is 0.290. The van der Waals surface area contributed by atoms with E-state index in [1.807, 2.05) is 12.1 Å². The number of methoxy groups -OCH3 is 1. The van der Waals surface area contributed by atoms with Gasteiger partial charge in [0.2, 0.25) is 0 Å². The number of hydrogen-bond donors (Lipinski definition) is 2. The van der Waals surface area contributed by atoms with Crippen LogP contribution in [-0.4, -0.2) is 18.3 Å². The Balaban J connectivity index is 2.60. The molecule has 0 unspecified atom stereocenters. The highest BCUT2D eigenvalue weighted by Gasteiger charge is 2.06. The van der Waals surface area contributed by atoms with Crippen LogP contribution in [0, 0.1) is 0 Å². The molecule has 0 aromatic heterocycles. The largest absolute Gasteiger partial charge is 0.507 e. The second-order valence-electron chi connectivity index (χ2n) is 3.89. The van der Waals surface area contributed by atoms with E-state index < -0.39 is 0 Å². The minimum Gasteiger partial charge on any atom is -0.507 e. The van der Waals surface area contributed by atoms with Gasteiger partial charge >= 0.3 is 0 Å². The van der Waals surface area contributed by atoms with Crippen LogP contribution in [0.4, 0.5) is 0 Å². The lowest BCUT2D eigenvalue weighted by Crippen LogP contribution is -2.26. The number of nitrogens with one attached hydrogen (secondary N) is 1. The van der Waals surface area contributed by atoms with Crippen LogP contribution in [0.5, 0.6) is 11.5 Å². The van der Waals surface area contributed by atoms with E-state index in [1.54, 1.807) is 13.2 Å². The summed E-state index contributed by atoms with van der Waals surface area (Å²) in [5.74, 6) is 0.974. The molecule has 1 aromatic carbocycles. The van der Waals surface area contributed by atoms with Crippen LogP contribution in [0.25, 0.3) is 0 Å². The Morgan fingerprint density at radius 1 is 1.31 bits per heavy atom. The first kappa shape index (κ1) is 12.8. The fraction of sp³-hybridized carbons (Fsp3) is 0.538. The van der Waals surface area contributed by atoms with E-state index in [1.165, 1.54) is 0 Å². The van der Waals surface area contributed by atoms with Crippen molar-refractivity contribution in [3.8, 4) is 11.5 Å². The lowest BCUT2D eigenvalue weighted by molar-refractivity contribution is 0.404. The predicted molar refractivity (Wildman–Crippen MR) is 65.9 cm³/mol. The Morgan fingerprint density at radius 3 is 2.50 bits per heavy atom. The molecule has 0 spiro atoms. The van der Waals surface area contributed by atoms with Gasteiger partial charge in [-0.2, -0.15) is 0 Å². The van der Waals surface area contributed by atoms with Crippen molar-refractivity contribution >= 4 is 0 Å². The van der Waals surface area contributed by atoms with Crippen molar-refractivity contribution in [1.82, 2.24) is 5.32 Å². The van der Waals surface area contributed by atoms with Crippen molar-refractivity contribution < 1.29 is 9.84 Å². The van der Waals surface area contributed by atoms with E-state index >= 15 is 0 Å². The molecule has 0 aliphatic heterocycles. The molecule has 3 nitrogen and oxygen atoms in total. The minimum absolute atomic E-state index is 0.290. The van der Waals surface area contributed by atoms with E-state index in [-0.39, 0.29) is 5.75 Å². The molecule has 1 aromatic rings. The van der Waals surface area contributed by atoms with Crippen molar-refractivity contribution in [2.24, 2.45) is 0 Å². The number of ether oxygens (including phenoxy) is 1. The van der Waals surface area contributed by atoms with Gasteiger partial charge in [-0.3, -0.25) is 0 Å². The molecule has 0 radical (unpaired) electrons. The van der Waals surface area contributed by atoms with Crippen molar-refractivity contribution in [2.75, 3.05) is 7.11 Å². The van der Waals surface area contributed by atoms with Gasteiger partial charge in [0.25, 0.3) is 0 Å². The molecular formula is C13H21NO2. The standard InChI is InChI=1S/C13H21NO2/c1-4-11(5-2)14-9-10-6-7-12(16-3)8-13(10)15/h6-8,11,14-15H,4-5,9H2,1-3H3. The van der Waals surface area contributed by atoms with Crippen molar-refractivity contribution in [3.05, 3.63) is 23.8 Å². The monoisotopic (exact) mass is 223 g/mol. The Bertz CT molecular complexity index is 322. The zero-order valence-electron chi connectivity index (χ0n) is 10.3. The second-order valence-corrected chi connectivity index (χ2v) is 3.89. The Hall–Kier alpha value is -1.22. The van der Waals surface area contributed by atoms with Crippen molar-refractivity contribution in [3.63, 3.8) is 0 Å². The topological polar surface area (TPSA) is 41.5 Å². The molecule has 3 heteroatoms. The highest BCUT2D eigenvalue weighted by molar-refractivity contribution is 5.39. The first-order valence-electron chi connectivity index (χ1n) is 5.80. The smallest absolute Gasteiger partial charge is 0.123 e. The van der Waals surface area contributed by atoms with Crippen LogP contribution in [0.1, 0.15) is 32.3 Å². The van der Waals surface area contributed by atoms with Crippen LogP contribution in [0.15, 0.2) is 18.2 Å². The molecule has 0 heterocycles. The van der Waals surface area contributed by atoms with Gasteiger partial charge in [-0.25, -0.2) is 0 Å². The molecule has 0 amide bonds. The molecule has 16 heavy (non-hydrogen) atoms. The Kier molecular flexibility index (Phi) is 5.12. The molecule has 2 N–H and O–H groups in total. The van der Waals surface area contributed by atoms with Gasteiger partial charge in [-0.1, -0.05) is 19.9 Å². The highest BCUT2D eigenvalue weighted by Crippen LogP contribution is 2.23. The molecule has 1 rings (SSSR count). The number of hydrogen-bond acceptors (Lipinski definition) is 3. The fourth-order valence-electron chi connectivity index (χ4n) is 1.65. The summed E-state index contributed by atoms with van der Waals surface area (Å²) in [5, 5.41) is 13.2. The second kappa shape index (κ2) is 6.38. The molecule has 0 atom stereocenters. The van der Waals surface area contributed by atoms with Gasteiger partial charge in [-0.15, -0.1) is 0 Å². The maximum absolute atomic E-state index is 9.76. The number of phenols is 1. The molecule has 0 bridgehead atoms. The van der Waals surface area contributed by atoms with Crippen LogP contribution in [0.3, 0.4) is 0 Å². The summed E-state index contributed by atoms with van der Waals surface area (Å²) in [6, 6.07) is 5.92. The van der Waals surface area contributed by atoms with Crippen LogP contribution in [-0.2, 0) is 6.54 Å². The summed E-state index contributed by atoms with van der Waals surface area (Å²) >= 11 is 0. The van der Waals surface area contributed by atoms with E-state index in [9.17, 15) is 5.11 Å². The Morgan fingerprint density at radius 2 is 2.00 bits per heavy atom. The first-order chi connectivity index (χ1) is 7.71. The quantitative estimate of drug-likeness (QED) is 0.779. The van der Waals surface area contributed by atoms with Crippen molar-refractivity contribution in [1.29, 1.82) is 0 Å². The van der Waals surface area contributed by atoms with Gasteiger partial charge < -0.3 is 15.2 Å². The summed E-state index contributed by atoms with van der Waals surface area (Å²) in [6.07, 6.45) is 2.21. The average molecular weight is 223 g/mol. The summed E-state index contributed by atoms with van der Waals surface area (Å²) in [6.45, 7) is 5.02. The molecule has 0 aliphatic carbocycles. The first-order valence-corrected chi connectivity index (χ1v) is 5.80. The number of phenolic OH excluding ortho intramolecular Hbond substituents is 1. The van der Waals surface area contributed by atoms with Gasteiger partial charge in [0.1, 0.15) is 11.5 Å².